The molecule has 0 heterocycles. The van der Waals surface area contributed by atoms with Crippen molar-refractivity contribution in [1.82, 2.24) is 0 Å². The number of carbonyl (C=O) groups is 1. The molecule has 3 aromatic rings. The van der Waals surface area contributed by atoms with Gasteiger partial charge in [0.2, 0.25) is 5.91 Å². The normalized spacial score (nSPS) is 11.8. The lowest BCUT2D eigenvalue weighted by atomic mass is 10.2. The Kier molecular flexibility index (Phi) is 7.16. The molecule has 1 amide bonds. The van der Waals surface area contributed by atoms with Crippen LogP contribution in [0, 0.1) is 0 Å². The summed E-state index contributed by atoms with van der Waals surface area (Å²) in [6, 6.07) is 16.1. The van der Waals surface area contributed by atoms with Crippen LogP contribution in [0.15, 0.2) is 82.2 Å². The highest BCUT2D eigenvalue weighted by atomic mass is 79.9. The van der Waals surface area contributed by atoms with Crippen LogP contribution in [0.3, 0.4) is 0 Å². The second-order valence-corrected chi connectivity index (χ2v) is 9.73. The zero-order chi connectivity index (χ0) is 23.5. The van der Waals surface area contributed by atoms with Gasteiger partial charge in [-0.15, -0.1) is 0 Å². The van der Waals surface area contributed by atoms with E-state index in [0.29, 0.717) is 10.5 Å². The number of sulfonamides is 1. The molecule has 0 radical (unpaired) electrons. The van der Waals surface area contributed by atoms with Gasteiger partial charge in [0.1, 0.15) is 6.54 Å². The quantitative estimate of drug-likeness (QED) is 0.414. The number of alkyl halides is 3. The average molecular weight is 548 g/mol. The number of benzene rings is 3. The standard InChI is InChI=1S/C21H15BrClF3N2O3S/c22-15-7-9-16(10-8-15)28(32(30,31)17-4-2-1-3-5-17)13-20(29)27-19-12-14(21(24,25)26)6-11-18(19)23/h1-12H,13H2,(H,27,29). The molecule has 0 bridgehead atoms. The van der Waals surface area contributed by atoms with Gasteiger partial charge in [-0.25, -0.2) is 8.42 Å². The first-order chi connectivity index (χ1) is 15.0. The third-order valence-corrected chi connectivity index (χ3v) is 6.95. The summed E-state index contributed by atoms with van der Waals surface area (Å²) in [6.45, 7) is -0.689. The van der Waals surface area contributed by atoms with Crippen molar-refractivity contribution in [3.05, 3.63) is 87.9 Å². The molecule has 1 N–H and O–H groups in total. The number of amides is 1. The SMILES string of the molecule is O=C(CN(c1ccc(Br)cc1)S(=O)(=O)c1ccccc1)Nc1cc(C(F)(F)F)ccc1Cl. The van der Waals surface area contributed by atoms with Crippen LogP contribution in [-0.2, 0) is 21.0 Å². The third kappa shape index (κ3) is 5.62. The smallest absolute Gasteiger partial charge is 0.323 e. The topological polar surface area (TPSA) is 66.5 Å². The van der Waals surface area contributed by atoms with E-state index in [0.717, 1.165) is 16.4 Å². The van der Waals surface area contributed by atoms with E-state index in [1.54, 1.807) is 18.2 Å². The fraction of sp³-hybridized carbons (Fsp3) is 0.0952. The van der Waals surface area contributed by atoms with E-state index in [9.17, 15) is 26.4 Å². The van der Waals surface area contributed by atoms with Crippen molar-refractivity contribution in [3.63, 3.8) is 0 Å². The predicted octanol–water partition coefficient (Wildman–Crippen LogP) is 5.96. The number of nitrogens with one attached hydrogen (secondary N) is 1. The highest BCUT2D eigenvalue weighted by Gasteiger charge is 2.32. The largest absolute Gasteiger partial charge is 0.416 e. The van der Waals surface area contributed by atoms with Gasteiger partial charge in [-0.1, -0.05) is 45.7 Å². The predicted molar refractivity (Wildman–Crippen MR) is 120 cm³/mol. The average Bonchev–Trinajstić information content (AvgIpc) is 2.74. The maximum Gasteiger partial charge on any atom is 0.416 e. The molecule has 0 saturated carbocycles. The van der Waals surface area contributed by atoms with E-state index in [1.807, 2.05) is 0 Å². The zero-order valence-electron chi connectivity index (χ0n) is 16.1. The fourth-order valence-corrected chi connectivity index (χ4v) is 4.63. The Bertz CT molecular complexity index is 1220. The number of nitrogens with zero attached hydrogens (tertiary/aromatic N) is 1. The Labute approximate surface area is 196 Å². The highest BCUT2D eigenvalue weighted by molar-refractivity contribution is 9.10. The van der Waals surface area contributed by atoms with E-state index in [4.69, 9.17) is 11.6 Å². The fourth-order valence-electron chi connectivity index (χ4n) is 2.76. The van der Waals surface area contributed by atoms with Crippen molar-refractivity contribution in [2.24, 2.45) is 0 Å². The number of hydrogen-bond donors (Lipinski definition) is 1. The van der Waals surface area contributed by atoms with E-state index in [1.165, 1.54) is 36.4 Å². The Balaban J connectivity index is 1.94. The molecule has 3 rings (SSSR count). The molecule has 0 aromatic heterocycles. The summed E-state index contributed by atoms with van der Waals surface area (Å²) < 4.78 is 67.0. The third-order valence-electron chi connectivity index (χ3n) is 4.30. The van der Waals surface area contributed by atoms with Crippen molar-refractivity contribution < 1.29 is 26.4 Å². The Morgan fingerprint density at radius 2 is 1.62 bits per heavy atom. The second-order valence-electron chi connectivity index (χ2n) is 6.54. The Morgan fingerprint density at radius 1 is 1.00 bits per heavy atom. The van der Waals surface area contributed by atoms with Gasteiger partial charge in [0.05, 0.1) is 26.9 Å². The molecule has 0 aliphatic heterocycles. The summed E-state index contributed by atoms with van der Waals surface area (Å²) in [5.74, 6) is -0.867. The molecular weight excluding hydrogens is 533 g/mol. The van der Waals surface area contributed by atoms with Crippen LogP contribution in [0.4, 0.5) is 24.5 Å². The van der Waals surface area contributed by atoms with E-state index in [-0.39, 0.29) is 21.3 Å². The minimum atomic E-state index is -4.63. The van der Waals surface area contributed by atoms with Gasteiger partial charge >= 0.3 is 6.18 Å². The molecular formula is C21H15BrClF3N2O3S. The lowest BCUT2D eigenvalue weighted by molar-refractivity contribution is -0.137. The van der Waals surface area contributed by atoms with Crippen LogP contribution in [0.25, 0.3) is 0 Å². The van der Waals surface area contributed by atoms with E-state index in [2.05, 4.69) is 21.2 Å². The van der Waals surface area contributed by atoms with E-state index >= 15 is 0 Å². The zero-order valence-corrected chi connectivity index (χ0v) is 19.3. The van der Waals surface area contributed by atoms with Gasteiger partial charge in [0.15, 0.2) is 0 Å². The Hall–Kier alpha value is -2.56. The monoisotopic (exact) mass is 546 g/mol. The maximum absolute atomic E-state index is 13.2. The van der Waals surface area contributed by atoms with Gasteiger partial charge in [-0.2, -0.15) is 13.2 Å². The van der Waals surface area contributed by atoms with Crippen LogP contribution in [0.5, 0.6) is 0 Å². The molecule has 0 fully saturated rings. The van der Waals surface area contributed by atoms with Crippen LogP contribution < -0.4 is 9.62 Å². The van der Waals surface area contributed by atoms with Crippen LogP contribution in [0.1, 0.15) is 5.56 Å². The molecule has 3 aromatic carbocycles. The summed E-state index contributed by atoms with van der Waals surface area (Å²) in [4.78, 5) is 12.6. The van der Waals surface area contributed by atoms with Gasteiger partial charge < -0.3 is 5.32 Å². The summed E-state index contributed by atoms with van der Waals surface area (Å²) in [5.41, 5.74) is -1.08. The molecule has 0 unspecified atom stereocenters. The van der Waals surface area contributed by atoms with E-state index < -0.39 is 34.2 Å². The summed E-state index contributed by atoms with van der Waals surface area (Å²) >= 11 is 9.19. The first kappa shape index (κ1) is 24.1. The summed E-state index contributed by atoms with van der Waals surface area (Å²) in [5, 5.41) is 2.15. The number of halogens is 5. The molecule has 0 spiro atoms. The highest BCUT2D eigenvalue weighted by Crippen LogP contribution is 2.34. The van der Waals surface area contributed by atoms with Gasteiger partial charge in [0, 0.05) is 4.47 Å². The van der Waals surface area contributed by atoms with Crippen molar-refractivity contribution in [3.8, 4) is 0 Å². The molecule has 32 heavy (non-hydrogen) atoms. The first-order valence-corrected chi connectivity index (χ1v) is 11.6. The van der Waals surface area contributed by atoms with Gasteiger partial charge in [-0.3, -0.25) is 9.10 Å². The molecule has 0 aliphatic rings. The Morgan fingerprint density at radius 3 is 2.22 bits per heavy atom. The number of anilines is 2. The van der Waals surface area contributed by atoms with Crippen molar-refractivity contribution in [2.45, 2.75) is 11.1 Å². The molecule has 0 aliphatic carbocycles. The van der Waals surface area contributed by atoms with Crippen LogP contribution >= 0.6 is 27.5 Å². The molecule has 0 saturated heterocycles. The van der Waals surface area contributed by atoms with Crippen LogP contribution in [-0.4, -0.2) is 20.9 Å². The van der Waals surface area contributed by atoms with Crippen molar-refractivity contribution in [2.75, 3.05) is 16.2 Å². The second kappa shape index (κ2) is 9.51. The maximum atomic E-state index is 13.2. The lowest BCUT2D eigenvalue weighted by Gasteiger charge is -2.24. The summed E-state index contributed by atoms with van der Waals surface area (Å²) in [6.07, 6.45) is -4.63. The minimum Gasteiger partial charge on any atom is -0.323 e. The summed E-state index contributed by atoms with van der Waals surface area (Å²) in [7, 11) is -4.15. The number of hydrogen-bond acceptors (Lipinski definition) is 3. The van der Waals surface area contributed by atoms with Gasteiger partial charge in [0.25, 0.3) is 10.0 Å². The lowest BCUT2D eigenvalue weighted by Crippen LogP contribution is -2.38. The molecule has 0 atom stereocenters. The van der Waals surface area contributed by atoms with Crippen LogP contribution in [0.2, 0.25) is 5.02 Å². The number of rotatable bonds is 6. The number of carbonyl (C=O) groups excluding carboxylic acids is 1. The molecule has 5 nitrogen and oxygen atoms in total. The molecule has 168 valence electrons. The van der Waals surface area contributed by atoms with Crippen molar-refractivity contribution >= 4 is 54.8 Å². The van der Waals surface area contributed by atoms with Gasteiger partial charge in [-0.05, 0) is 54.6 Å². The molecule has 11 heteroatoms. The van der Waals surface area contributed by atoms with Crippen molar-refractivity contribution in [1.29, 1.82) is 0 Å². The minimum absolute atomic E-state index is 0.0483. The first-order valence-electron chi connectivity index (χ1n) is 8.98.